The van der Waals surface area contributed by atoms with Crippen LogP contribution in [0.25, 0.3) is 0 Å². The van der Waals surface area contributed by atoms with Crippen molar-refractivity contribution in [3.8, 4) is 5.75 Å². The summed E-state index contributed by atoms with van der Waals surface area (Å²) < 4.78 is 28.5. The van der Waals surface area contributed by atoms with Crippen LogP contribution in [-0.4, -0.2) is 13.7 Å². The standard InChI is InChI=1S/C12H17F2NO/c1-3-5-11(15-2)9-6-4-7-10(8-9)16-12(13)14/h4,6-8,11-12,15H,3,5H2,1-2H3. The van der Waals surface area contributed by atoms with E-state index in [-0.39, 0.29) is 11.8 Å². The second-order valence-electron chi connectivity index (χ2n) is 3.58. The van der Waals surface area contributed by atoms with Crippen LogP contribution < -0.4 is 10.1 Å². The first kappa shape index (κ1) is 12.9. The molecular weight excluding hydrogens is 212 g/mol. The van der Waals surface area contributed by atoms with Gasteiger partial charge in [0.15, 0.2) is 0 Å². The fourth-order valence-corrected chi connectivity index (χ4v) is 1.67. The fourth-order valence-electron chi connectivity index (χ4n) is 1.67. The number of ether oxygens (including phenoxy) is 1. The first-order valence-electron chi connectivity index (χ1n) is 5.39. The minimum Gasteiger partial charge on any atom is -0.435 e. The summed E-state index contributed by atoms with van der Waals surface area (Å²) in [5.41, 5.74) is 0.975. The van der Waals surface area contributed by atoms with Gasteiger partial charge in [0.25, 0.3) is 0 Å². The van der Waals surface area contributed by atoms with E-state index >= 15 is 0 Å². The summed E-state index contributed by atoms with van der Waals surface area (Å²) in [6.07, 6.45) is 2.00. The molecule has 0 fully saturated rings. The maximum atomic E-state index is 12.0. The molecule has 0 saturated heterocycles. The number of alkyl halides is 2. The van der Waals surface area contributed by atoms with Gasteiger partial charge in [-0.05, 0) is 31.2 Å². The number of halogens is 2. The normalized spacial score (nSPS) is 12.8. The summed E-state index contributed by atoms with van der Waals surface area (Å²) in [6.45, 7) is -0.682. The average molecular weight is 229 g/mol. The number of benzene rings is 1. The molecule has 1 aromatic rings. The number of rotatable bonds is 6. The van der Waals surface area contributed by atoms with Gasteiger partial charge in [-0.15, -0.1) is 0 Å². The largest absolute Gasteiger partial charge is 0.435 e. The van der Waals surface area contributed by atoms with E-state index in [1.807, 2.05) is 13.1 Å². The Labute approximate surface area is 94.6 Å². The highest BCUT2D eigenvalue weighted by molar-refractivity contribution is 5.30. The van der Waals surface area contributed by atoms with E-state index in [0.29, 0.717) is 0 Å². The van der Waals surface area contributed by atoms with Crippen LogP contribution in [0.5, 0.6) is 5.75 Å². The molecule has 1 rings (SSSR count). The topological polar surface area (TPSA) is 21.3 Å². The van der Waals surface area contributed by atoms with Gasteiger partial charge in [0.1, 0.15) is 5.75 Å². The van der Waals surface area contributed by atoms with Crippen molar-refractivity contribution in [3.05, 3.63) is 29.8 Å². The van der Waals surface area contributed by atoms with Gasteiger partial charge in [-0.2, -0.15) is 8.78 Å². The second kappa shape index (κ2) is 6.43. The lowest BCUT2D eigenvalue weighted by atomic mass is 10.0. The summed E-state index contributed by atoms with van der Waals surface area (Å²) in [7, 11) is 1.86. The zero-order chi connectivity index (χ0) is 12.0. The van der Waals surface area contributed by atoms with E-state index < -0.39 is 6.61 Å². The molecule has 16 heavy (non-hydrogen) atoms. The molecule has 2 nitrogen and oxygen atoms in total. The summed E-state index contributed by atoms with van der Waals surface area (Å²) in [4.78, 5) is 0. The van der Waals surface area contributed by atoms with E-state index in [0.717, 1.165) is 18.4 Å². The van der Waals surface area contributed by atoms with Crippen LogP contribution >= 0.6 is 0 Å². The van der Waals surface area contributed by atoms with Gasteiger partial charge in [0, 0.05) is 6.04 Å². The van der Waals surface area contributed by atoms with E-state index in [2.05, 4.69) is 17.0 Å². The first-order valence-corrected chi connectivity index (χ1v) is 5.39. The quantitative estimate of drug-likeness (QED) is 0.807. The van der Waals surface area contributed by atoms with E-state index in [9.17, 15) is 8.78 Å². The van der Waals surface area contributed by atoms with E-state index in [1.54, 1.807) is 12.1 Å². The van der Waals surface area contributed by atoms with Gasteiger partial charge in [0.05, 0.1) is 0 Å². The maximum Gasteiger partial charge on any atom is 0.387 e. The smallest absolute Gasteiger partial charge is 0.387 e. The van der Waals surface area contributed by atoms with Crippen molar-refractivity contribution in [2.24, 2.45) is 0 Å². The van der Waals surface area contributed by atoms with E-state index in [1.165, 1.54) is 6.07 Å². The number of hydrogen-bond acceptors (Lipinski definition) is 2. The van der Waals surface area contributed by atoms with Crippen molar-refractivity contribution in [1.82, 2.24) is 5.32 Å². The third-order valence-corrected chi connectivity index (χ3v) is 2.41. The first-order chi connectivity index (χ1) is 7.67. The molecule has 1 N–H and O–H groups in total. The zero-order valence-corrected chi connectivity index (χ0v) is 9.54. The lowest BCUT2D eigenvalue weighted by Gasteiger charge is -2.16. The van der Waals surface area contributed by atoms with Crippen molar-refractivity contribution in [2.75, 3.05) is 7.05 Å². The highest BCUT2D eigenvalue weighted by atomic mass is 19.3. The second-order valence-corrected chi connectivity index (χ2v) is 3.58. The summed E-state index contributed by atoms with van der Waals surface area (Å²) in [5, 5.41) is 3.16. The molecule has 1 atom stereocenters. The lowest BCUT2D eigenvalue weighted by molar-refractivity contribution is -0.0499. The van der Waals surface area contributed by atoms with Crippen LogP contribution in [-0.2, 0) is 0 Å². The van der Waals surface area contributed by atoms with Gasteiger partial charge < -0.3 is 10.1 Å². The molecule has 0 amide bonds. The van der Waals surface area contributed by atoms with E-state index in [4.69, 9.17) is 0 Å². The predicted molar refractivity (Wildman–Crippen MR) is 59.8 cm³/mol. The molecule has 4 heteroatoms. The Morgan fingerprint density at radius 3 is 2.69 bits per heavy atom. The Kier molecular flexibility index (Phi) is 5.19. The van der Waals surface area contributed by atoms with Crippen molar-refractivity contribution in [3.63, 3.8) is 0 Å². The molecule has 0 aliphatic carbocycles. The number of hydrogen-bond donors (Lipinski definition) is 1. The molecule has 0 aliphatic heterocycles. The van der Waals surface area contributed by atoms with Crippen molar-refractivity contribution in [1.29, 1.82) is 0 Å². The molecular formula is C12H17F2NO. The molecule has 1 aromatic carbocycles. The molecule has 0 aliphatic rings. The highest BCUT2D eigenvalue weighted by Crippen LogP contribution is 2.23. The Morgan fingerprint density at radius 1 is 1.38 bits per heavy atom. The monoisotopic (exact) mass is 229 g/mol. The third-order valence-electron chi connectivity index (χ3n) is 2.41. The lowest BCUT2D eigenvalue weighted by Crippen LogP contribution is -2.16. The van der Waals surface area contributed by atoms with Gasteiger partial charge in [-0.25, -0.2) is 0 Å². The van der Waals surface area contributed by atoms with Gasteiger partial charge in [0.2, 0.25) is 0 Å². The van der Waals surface area contributed by atoms with Crippen LogP contribution in [0.1, 0.15) is 31.4 Å². The van der Waals surface area contributed by atoms with Crippen molar-refractivity contribution >= 4 is 0 Å². The molecule has 0 bridgehead atoms. The average Bonchev–Trinajstić information content (AvgIpc) is 2.25. The zero-order valence-electron chi connectivity index (χ0n) is 9.54. The summed E-state index contributed by atoms with van der Waals surface area (Å²) >= 11 is 0. The fraction of sp³-hybridized carbons (Fsp3) is 0.500. The number of nitrogens with one attached hydrogen (secondary N) is 1. The predicted octanol–water partition coefficient (Wildman–Crippen LogP) is 3.35. The SMILES string of the molecule is CCCC(NC)c1cccc(OC(F)F)c1. The molecule has 90 valence electrons. The molecule has 0 saturated carbocycles. The maximum absolute atomic E-state index is 12.0. The Balaban J connectivity index is 2.79. The minimum absolute atomic E-state index is 0.186. The minimum atomic E-state index is -2.77. The van der Waals surface area contributed by atoms with Crippen LogP contribution in [0.15, 0.2) is 24.3 Å². The molecule has 1 unspecified atom stereocenters. The molecule has 0 radical (unpaired) electrons. The molecule has 0 heterocycles. The summed E-state index contributed by atoms with van der Waals surface area (Å²) in [5.74, 6) is 0.212. The van der Waals surface area contributed by atoms with Gasteiger partial charge in [-0.1, -0.05) is 25.5 Å². The Bertz CT molecular complexity index is 318. The Morgan fingerprint density at radius 2 is 2.12 bits per heavy atom. The van der Waals surface area contributed by atoms with Crippen LogP contribution in [0.2, 0.25) is 0 Å². The molecule has 0 spiro atoms. The van der Waals surface area contributed by atoms with Gasteiger partial charge in [-0.3, -0.25) is 0 Å². The Hall–Kier alpha value is -1.16. The third kappa shape index (κ3) is 3.77. The van der Waals surface area contributed by atoms with Crippen molar-refractivity contribution in [2.45, 2.75) is 32.4 Å². The van der Waals surface area contributed by atoms with Gasteiger partial charge >= 0.3 is 6.61 Å². The summed E-state index contributed by atoms with van der Waals surface area (Å²) in [6, 6.07) is 7.02. The van der Waals surface area contributed by atoms with Crippen LogP contribution in [0.4, 0.5) is 8.78 Å². The van der Waals surface area contributed by atoms with Crippen LogP contribution in [0, 0.1) is 0 Å². The highest BCUT2D eigenvalue weighted by Gasteiger charge is 2.10. The van der Waals surface area contributed by atoms with Crippen molar-refractivity contribution < 1.29 is 13.5 Å². The molecule has 0 aromatic heterocycles. The van der Waals surface area contributed by atoms with Crippen LogP contribution in [0.3, 0.4) is 0 Å².